The van der Waals surface area contributed by atoms with Crippen LogP contribution in [0, 0.1) is 17.8 Å². The van der Waals surface area contributed by atoms with Crippen LogP contribution in [-0.4, -0.2) is 71.8 Å². The minimum Gasteiger partial charge on any atom is -0.446 e. The van der Waals surface area contributed by atoms with Crippen LogP contribution in [0.1, 0.15) is 110 Å². The van der Waals surface area contributed by atoms with Gasteiger partial charge >= 0.3 is 6.09 Å². The second-order valence-corrected chi connectivity index (χ2v) is 13.0. The van der Waals surface area contributed by atoms with Crippen LogP contribution in [0.5, 0.6) is 0 Å². The quantitative estimate of drug-likeness (QED) is 0.215. The highest BCUT2D eigenvalue weighted by Crippen LogP contribution is 2.42. The number of carbonyl (C=O) groups is 5. The Morgan fingerprint density at radius 1 is 0.884 bits per heavy atom. The number of Topliss-reactive ketones (excluding diaryl/α,β-unsaturated/α-hetero) is 1. The van der Waals surface area contributed by atoms with Crippen molar-refractivity contribution in [2.75, 3.05) is 13.1 Å². The summed E-state index contributed by atoms with van der Waals surface area (Å²) in [5, 5.41) is 8.22. The summed E-state index contributed by atoms with van der Waals surface area (Å²) in [6.45, 7) is 5.97. The summed E-state index contributed by atoms with van der Waals surface area (Å²) in [5.74, 6) is -1.17. The van der Waals surface area contributed by atoms with Crippen molar-refractivity contribution in [3.05, 3.63) is 12.7 Å². The van der Waals surface area contributed by atoms with E-state index < -0.39 is 41.8 Å². The van der Waals surface area contributed by atoms with Crippen LogP contribution in [0.4, 0.5) is 4.79 Å². The van der Waals surface area contributed by atoms with Crippen molar-refractivity contribution < 1.29 is 28.7 Å². The Labute approximate surface area is 256 Å². The van der Waals surface area contributed by atoms with E-state index in [1.807, 2.05) is 6.92 Å². The zero-order valence-electron chi connectivity index (χ0n) is 26.0. The average Bonchev–Trinajstić information content (AvgIpc) is 3.80. The maximum atomic E-state index is 14.1. The van der Waals surface area contributed by atoms with Crippen LogP contribution in [0.2, 0.25) is 0 Å². The maximum Gasteiger partial charge on any atom is 0.408 e. The van der Waals surface area contributed by atoms with Crippen molar-refractivity contribution in [1.29, 1.82) is 0 Å². The molecule has 0 aromatic heterocycles. The van der Waals surface area contributed by atoms with Crippen molar-refractivity contribution >= 4 is 29.6 Å². The molecule has 10 nitrogen and oxygen atoms in total. The fraction of sp³-hybridized carbons (Fsp3) is 0.788. The highest BCUT2D eigenvalue weighted by molar-refractivity contribution is 6.38. The second-order valence-electron chi connectivity index (χ2n) is 13.0. The molecule has 0 aromatic carbocycles. The lowest BCUT2D eigenvalue weighted by Gasteiger charge is -2.35. The number of nitrogens with zero attached hydrogens (tertiary/aromatic N) is 1. The predicted octanol–water partition coefficient (Wildman–Crippen LogP) is 4.17. The lowest BCUT2D eigenvalue weighted by Crippen LogP contribution is -2.58. The molecular weight excluding hydrogens is 548 g/mol. The highest BCUT2D eigenvalue weighted by atomic mass is 16.6. The summed E-state index contributed by atoms with van der Waals surface area (Å²) in [7, 11) is 0. The standard InChI is InChI=1S/C33H52N4O6/c1-3-12-25(29(38)31(40)34-20-4-2)35-30(39)26-18-11-21-37(26)32(41)28(23-15-6-5-7-16-23)36-33(42)43-27-19-10-17-24(27)22-13-8-9-14-22/h4,22-28H,2-3,5-21H2,1H3,(H,34,40)(H,35,39)(H,36,42)/t24?,25?,26-,27?,28?/m0/s1. The summed E-state index contributed by atoms with van der Waals surface area (Å²) in [4.78, 5) is 67.6. The van der Waals surface area contributed by atoms with Gasteiger partial charge in [0.2, 0.25) is 17.6 Å². The van der Waals surface area contributed by atoms with E-state index in [4.69, 9.17) is 4.74 Å². The van der Waals surface area contributed by atoms with Crippen molar-refractivity contribution in [2.45, 2.75) is 134 Å². The van der Waals surface area contributed by atoms with E-state index in [1.54, 1.807) is 4.90 Å². The van der Waals surface area contributed by atoms with E-state index in [1.165, 1.54) is 31.8 Å². The zero-order chi connectivity index (χ0) is 30.8. The average molecular weight is 601 g/mol. The summed E-state index contributed by atoms with van der Waals surface area (Å²) in [6.07, 6.45) is 15.6. The molecule has 5 atom stereocenters. The van der Waals surface area contributed by atoms with Gasteiger partial charge in [-0.3, -0.25) is 19.2 Å². The number of alkyl carbamates (subject to hydrolysis) is 1. The third-order valence-electron chi connectivity index (χ3n) is 10.1. The fourth-order valence-corrected chi connectivity index (χ4v) is 7.89. The lowest BCUT2D eigenvalue weighted by molar-refractivity contribution is -0.143. The molecule has 4 aliphatic rings. The first kappa shape index (κ1) is 33.0. The van der Waals surface area contributed by atoms with Gasteiger partial charge in [0.15, 0.2) is 0 Å². The molecule has 1 saturated heterocycles. The third kappa shape index (κ3) is 8.60. The summed E-state index contributed by atoms with van der Waals surface area (Å²) >= 11 is 0. The number of carbonyl (C=O) groups excluding carboxylic acids is 5. The molecule has 0 bridgehead atoms. The number of hydrogen-bond acceptors (Lipinski definition) is 6. The molecule has 4 rings (SSSR count). The molecule has 43 heavy (non-hydrogen) atoms. The Kier molecular flexibility index (Phi) is 12.5. The van der Waals surface area contributed by atoms with E-state index >= 15 is 0 Å². The van der Waals surface area contributed by atoms with Crippen LogP contribution >= 0.6 is 0 Å². The maximum absolute atomic E-state index is 14.1. The minimum absolute atomic E-state index is 0.0182. The molecule has 3 N–H and O–H groups in total. The molecule has 0 aromatic rings. The Bertz CT molecular complexity index is 1010. The molecule has 1 aliphatic heterocycles. The number of rotatable bonds is 13. The van der Waals surface area contributed by atoms with Gasteiger partial charge in [0.1, 0.15) is 18.2 Å². The van der Waals surface area contributed by atoms with E-state index in [0.717, 1.165) is 51.4 Å². The summed E-state index contributed by atoms with van der Waals surface area (Å²) in [6, 6.07) is -2.49. The van der Waals surface area contributed by atoms with Crippen molar-refractivity contribution in [3.8, 4) is 0 Å². The van der Waals surface area contributed by atoms with Gasteiger partial charge in [0.05, 0.1) is 6.04 Å². The Morgan fingerprint density at radius 2 is 1.60 bits per heavy atom. The molecule has 0 radical (unpaired) electrons. The SMILES string of the molecule is C=CCNC(=O)C(=O)C(CCC)NC(=O)[C@@H]1CCCN1C(=O)C(NC(=O)OC1CCCC1C1CCCC1)C1CCCCC1. The number of ketones is 1. The second kappa shape index (κ2) is 16.2. The zero-order valence-corrected chi connectivity index (χ0v) is 26.0. The van der Waals surface area contributed by atoms with E-state index in [0.29, 0.717) is 44.1 Å². The molecule has 3 aliphatic carbocycles. The minimum atomic E-state index is -0.971. The van der Waals surface area contributed by atoms with Gasteiger partial charge in [0, 0.05) is 13.1 Å². The van der Waals surface area contributed by atoms with Gasteiger partial charge in [-0.05, 0) is 69.1 Å². The first-order valence-corrected chi connectivity index (χ1v) is 16.8. The first-order chi connectivity index (χ1) is 20.8. The Hall–Kier alpha value is -2.91. The predicted molar refractivity (Wildman–Crippen MR) is 163 cm³/mol. The van der Waals surface area contributed by atoms with Crippen LogP contribution in [-0.2, 0) is 23.9 Å². The molecule has 3 saturated carbocycles. The smallest absolute Gasteiger partial charge is 0.408 e. The molecule has 240 valence electrons. The van der Waals surface area contributed by atoms with E-state index in [-0.39, 0.29) is 24.5 Å². The molecule has 10 heteroatoms. The number of likely N-dealkylation sites (tertiary alicyclic amines) is 1. The number of ether oxygens (including phenoxy) is 1. The van der Waals surface area contributed by atoms with Gasteiger partial charge in [-0.15, -0.1) is 6.58 Å². The molecule has 4 amide bonds. The lowest BCUT2D eigenvalue weighted by atomic mass is 9.83. The number of hydrogen-bond donors (Lipinski definition) is 3. The topological polar surface area (TPSA) is 134 Å². The number of nitrogens with one attached hydrogen (secondary N) is 3. The summed E-state index contributed by atoms with van der Waals surface area (Å²) in [5.41, 5.74) is 0. The van der Waals surface area contributed by atoms with E-state index in [9.17, 15) is 24.0 Å². The third-order valence-corrected chi connectivity index (χ3v) is 10.1. The van der Waals surface area contributed by atoms with E-state index in [2.05, 4.69) is 22.5 Å². The normalized spacial score (nSPS) is 26.0. The Balaban J connectivity index is 1.42. The molecule has 4 fully saturated rings. The fourth-order valence-electron chi connectivity index (χ4n) is 7.89. The van der Waals surface area contributed by atoms with Crippen LogP contribution in [0.25, 0.3) is 0 Å². The summed E-state index contributed by atoms with van der Waals surface area (Å²) < 4.78 is 6.02. The van der Waals surface area contributed by atoms with Gasteiger partial charge in [-0.2, -0.15) is 0 Å². The van der Waals surface area contributed by atoms with Gasteiger partial charge in [-0.25, -0.2) is 4.79 Å². The first-order valence-electron chi connectivity index (χ1n) is 16.8. The van der Waals surface area contributed by atoms with Crippen LogP contribution < -0.4 is 16.0 Å². The van der Waals surface area contributed by atoms with Gasteiger partial charge in [0.25, 0.3) is 5.91 Å². The van der Waals surface area contributed by atoms with Gasteiger partial charge in [-0.1, -0.05) is 64.4 Å². The largest absolute Gasteiger partial charge is 0.446 e. The molecule has 4 unspecified atom stereocenters. The van der Waals surface area contributed by atoms with Crippen LogP contribution in [0.15, 0.2) is 12.7 Å². The molecular formula is C33H52N4O6. The van der Waals surface area contributed by atoms with Crippen molar-refractivity contribution in [2.24, 2.45) is 17.8 Å². The van der Waals surface area contributed by atoms with Crippen LogP contribution in [0.3, 0.4) is 0 Å². The molecule has 1 heterocycles. The van der Waals surface area contributed by atoms with Crippen molar-refractivity contribution in [3.63, 3.8) is 0 Å². The van der Waals surface area contributed by atoms with Gasteiger partial charge < -0.3 is 25.6 Å². The van der Waals surface area contributed by atoms with Crippen molar-refractivity contribution in [1.82, 2.24) is 20.9 Å². The monoisotopic (exact) mass is 600 g/mol. The molecule has 0 spiro atoms. The highest BCUT2D eigenvalue weighted by Gasteiger charge is 2.43. The number of amides is 4. The Morgan fingerprint density at radius 3 is 2.30 bits per heavy atom.